The smallest absolute Gasteiger partial charge is 0.273 e. The largest absolute Gasteiger partial charge is 0.337 e. The molecule has 0 spiro atoms. The van der Waals surface area contributed by atoms with Crippen molar-refractivity contribution >= 4 is 23.2 Å². The zero-order valence-corrected chi connectivity index (χ0v) is 12.7. The Kier molecular flexibility index (Phi) is 3.22. The minimum absolute atomic E-state index is 0.236. The summed E-state index contributed by atoms with van der Waals surface area (Å²) in [5.41, 5.74) is 1.80. The van der Waals surface area contributed by atoms with Crippen molar-refractivity contribution in [3.63, 3.8) is 0 Å². The Balaban J connectivity index is 1.59. The van der Waals surface area contributed by atoms with Crippen molar-refractivity contribution < 1.29 is 4.79 Å². The molecular weight excluding hydrogens is 294 g/mol. The SMILES string of the molecule is CC1CCCN1c1nc2cc(NC(=O)c3ccn[nH]3)ccn2n1. The number of nitrogens with zero attached hydrogens (tertiary/aromatic N) is 5. The molecule has 8 heteroatoms. The topological polar surface area (TPSA) is 91.2 Å². The van der Waals surface area contributed by atoms with Crippen LogP contribution in [0.5, 0.6) is 0 Å². The average molecular weight is 311 g/mol. The van der Waals surface area contributed by atoms with E-state index < -0.39 is 0 Å². The van der Waals surface area contributed by atoms with Crippen LogP contribution < -0.4 is 10.2 Å². The van der Waals surface area contributed by atoms with Gasteiger partial charge in [-0.2, -0.15) is 10.1 Å². The predicted octanol–water partition coefficient (Wildman–Crippen LogP) is 1.69. The molecule has 0 radical (unpaired) electrons. The molecule has 8 nitrogen and oxygen atoms in total. The average Bonchev–Trinajstić information content (AvgIpc) is 3.26. The van der Waals surface area contributed by atoms with Crippen LogP contribution >= 0.6 is 0 Å². The highest BCUT2D eigenvalue weighted by Crippen LogP contribution is 2.23. The van der Waals surface area contributed by atoms with Crippen molar-refractivity contribution in [1.29, 1.82) is 0 Å². The maximum Gasteiger partial charge on any atom is 0.273 e. The van der Waals surface area contributed by atoms with Gasteiger partial charge in [-0.05, 0) is 31.9 Å². The van der Waals surface area contributed by atoms with E-state index in [0.717, 1.165) is 12.5 Å². The monoisotopic (exact) mass is 311 g/mol. The fourth-order valence-corrected chi connectivity index (χ4v) is 2.88. The molecule has 3 aromatic heterocycles. The fraction of sp³-hybridized carbons (Fsp3) is 0.333. The van der Waals surface area contributed by atoms with Gasteiger partial charge < -0.3 is 10.2 Å². The van der Waals surface area contributed by atoms with Gasteiger partial charge in [-0.25, -0.2) is 4.52 Å². The first-order chi connectivity index (χ1) is 11.2. The molecule has 3 aromatic rings. The second-order valence-electron chi connectivity index (χ2n) is 5.74. The van der Waals surface area contributed by atoms with E-state index in [-0.39, 0.29) is 5.91 Å². The summed E-state index contributed by atoms with van der Waals surface area (Å²) in [6.45, 7) is 3.18. The zero-order valence-electron chi connectivity index (χ0n) is 12.7. The van der Waals surface area contributed by atoms with Gasteiger partial charge in [0.15, 0.2) is 5.65 Å². The van der Waals surface area contributed by atoms with Crippen molar-refractivity contribution in [2.45, 2.75) is 25.8 Å². The Bertz CT molecular complexity index is 839. The number of nitrogens with one attached hydrogen (secondary N) is 2. The maximum atomic E-state index is 12.0. The molecule has 118 valence electrons. The number of aromatic amines is 1. The number of amides is 1. The first-order valence-corrected chi connectivity index (χ1v) is 7.64. The summed E-state index contributed by atoms with van der Waals surface area (Å²) >= 11 is 0. The molecule has 1 amide bonds. The number of rotatable bonds is 3. The Morgan fingerprint density at radius 2 is 2.35 bits per heavy atom. The van der Waals surface area contributed by atoms with Crippen LogP contribution in [0.3, 0.4) is 0 Å². The molecule has 1 aliphatic heterocycles. The molecule has 23 heavy (non-hydrogen) atoms. The number of pyridine rings is 1. The summed E-state index contributed by atoms with van der Waals surface area (Å²) in [6.07, 6.45) is 5.68. The van der Waals surface area contributed by atoms with Crippen molar-refractivity contribution in [2.75, 3.05) is 16.8 Å². The van der Waals surface area contributed by atoms with Crippen LogP contribution in [0.15, 0.2) is 30.6 Å². The predicted molar refractivity (Wildman–Crippen MR) is 85.6 cm³/mol. The second-order valence-corrected chi connectivity index (χ2v) is 5.74. The highest BCUT2D eigenvalue weighted by Gasteiger charge is 2.24. The second kappa shape index (κ2) is 5.38. The van der Waals surface area contributed by atoms with Crippen molar-refractivity contribution in [3.05, 3.63) is 36.3 Å². The number of fused-ring (bicyclic) bond motifs is 1. The standard InChI is InChI=1S/C15H17N7O/c1-10-3-2-7-21(10)15-18-13-9-11(5-8-22(13)20-15)17-14(23)12-4-6-16-19-12/h4-6,8-10H,2-3,7H2,1H3,(H,16,19)(H,17,23). The molecule has 4 heterocycles. The summed E-state index contributed by atoms with van der Waals surface area (Å²) in [6, 6.07) is 5.70. The Hall–Kier alpha value is -2.90. The van der Waals surface area contributed by atoms with E-state index in [1.807, 2.05) is 6.07 Å². The van der Waals surface area contributed by atoms with Gasteiger partial charge in [0, 0.05) is 36.7 Å². The van der Waals surface area contributed by atoms with E-state index in [1.165, 1.54) is 12.8 Å². The molecule has 4 rings (SSSR count). The van der Waals surface area contributed by atoms with E-state index >= 15 is 0 Å². The number of hydrogen-bond donors (Lipinski definition) is 2. The minimum atomic E-state index is -0.236. The number of H-pyrrole nitrogens is 1. The van der Waals surface area contributed by atoms with Gasteiger partial charge in [0.25, 0.3) is 5.91 Å². The highest BCUT2D eigenvalue weighted by atomic mass is 16.1. The first-order valence-electron chi connectivity index (χ1n) is 7.64. The van der Waals surface area contributed by atoms with Crippen molar-refractivity contribution in [1.82, 2.24) is 24.8 Å². The summed E-state index contributed by atoms with van der Waals surface area (Å²) < 4.78 is 1.73. The van der Waals surface area contributed by atoms with Crippen LogP contribution in [0.2, 0.25) is 0 Å². The third kappa shape index (κ3) is 2.52. The third-order valence-electron chi connectivity index (χ3n) is 4.14. The molecule has 1 atom stereocenters. The number of hydrogen-bond acceptors (Lipinski definition) is 5. The lowest BCUT2D eigenvalue weighted by atomic mass is 10.2. The molecule has 0 bridgehead atoms. The molecular formula is C15H17N7O. The van der Waals surface area contributed by atoms with Crippen LogP contribution in [0, 0.1) is 0 Å². The fourth-order valence-electron chi connectivity index (χ4n) is 2.88. The lowest BCUT2D eigenvalue weighted by Crippen LogP contribution is -2.27. The number of carbonyl (C=O) groups excluding carboxylic acids is 1. The maximum absolute atomic E-state index is 12.0. The minimum Gasteiger partial charge on any atom is -0.337 e. The molecule has 0 aromatic carbocycles. The molecule has 2 N–H and O–H groups in total. The van der Waals surface area contributed by atoms with E-state index in [2.05, 4.69) is 37.4 Å². The van der Waals surface area contributed by atoms with Gasteiger partial charge in [0.05, 0.1) is 0 Å². The third-order valence-corrected chi connectivity index (χ3v) is 4.14. The molecule has 0 aliphatic carbocycles. The van der Waals surface area contributed by atoms with Crippen LogP contribution in [0.25, 0.3) is 5.65 Å². The van der Waals surface area contributed by atoms with Gasteiger partial charge in [0.2, 0.25) is 5.95 Å². The first kappa shape index (κ1) is 13.7. The van der Waals surface area contributed by atoms with Gasteiger partial charge in [-0.3, -0.25) is 9.89 Å². The Morgan fingerprint density at radius 3 is 3.09 bits per heavy atom. The normalized spacial score (nSPS) is 17.8. The lowest BCUT2D eigenvalue weighted by Gasteiger charge is -2.18. The summed E-state index contributed by atoms with van der Waals surface area (Å²) in [4.78, 5) is 18.8. The molecule has 1 saturated heterocycles. The number of anilines is 2. The lowest BCUT2D eigenvalue weighted by molar-refractivity contribution is 0.102. The molecule has 1 unspecified atom stereocenters. The van der Waals surface area contributed by atoms with Gasteiger partial charge >= 0.3 is 0 Å². The van der Waals surface area contributed by atoms with Crippen molar-refractivity contribution in [2.24, 2.45) is 0 Å². The highest BCUT2D eigenvalue weighted by molar-refractivity contribution is 6.02. The zero-order chi connectivity index (χ0) is 15.8. The van der Waals surface area contributed by atoms with Crippen LogP contribution in [0.1, 0.15) is 30.3 Å². The molecule has 0 saturated carbocycles. The molecule has 1 fully saturated rings. The Labute approximate surface area is 132 Å². The summed E-state index contributed by atoms with van der Waals surface area (Å²) in [7, 11) is 0. The van der Waals surface area contributed by atoms with E-state index in [9.17, 15) is 4.79 Å². The van der Waals surface area contributed by atoms with E-state index in [0.29, 0.717) is 23.1 Å². The number of carbonyl (C=O) groups is 1. The van der Waals surface area contributed by atoms with Crippen LogP contribution in [-0.4, -0.2) is 43.3 Å². The van der Waals surface area contributed by atoms with Gasteiger partial charge in [-0.1, -0.05) is 0 Å². The molecule has 1 aliphatic rings. The van der Waals surface area contributed by atoms with Crippen LogP contribution in [-0.2, 0) is 0 Å². The quantitative estimate of drug-likeness (QED) is 0.768. The van der Waals surface area contributed by atoms with E-state index in [4.69, 9.17) is 0 Å². The Morgan fingerprint density at radius 1 is 1.43 bits per heavy atom. The van der Waals surface area contributed by atoms with Crippen LogP contribution in [0.4, 0.5) is 11.6 Å². The van der Waals surface area contributed by atoms with E-state index in [1.54, 1.807) is 29.0 Å². The summed E-state index contributed by atoms with van der Waals surface area (Å²) in [5, 5.41) is 13.7. The van der Waals surface area contributed by atoms with Gasteiger partial charge in [0.1, 0.15) is 5.69 Å². The summed E-state index contributed by atoms with van der Waals surface area (Å²) in [5.74, 6) is 0.506. The number of aromatic nitrogens is 5. The van der Waals surface area contributed by atoms with Crippen molar-refractivity contribution in [3.8, 4) is 0 Å². The van der Waals surface area contributed by atoms with Gasteiger partial charge in [-0.15, -0.1) is 5.10 Å².